The molecule has 2 rings (SSSR count). The van der Waals surface area contributed by atoms with Crippen LogP contribution in [-0.4, -0.2) is 12.1 Å². The van der Waals surface area contributed by atoms with Crippen molar-refractivity contribution in [3.63, 3.8) is 0 Å². The van der Waals surface area contributed by atoms with Crippen LogP contribution in [0.1, 0.15) is 22.4 Å². The number of aryl methyl sites for hydroxylation is 2. The molecule has 2 aromatic rings. The largest absolute Gasteiger partial charge is 0.495 e. The summed E-state index contributed by atoms with van der Waals surface area (Å²) in [5, 5.41) is 4.62. The van der Waals surface area contributed by atoms with Gasteiger partial charge in [0.05, 0.1) is 24.3 Å². The zero-order chi connectivity index (χ0) is 13.8. The normalized spacial score (nSPS) is 10.5. The predicted octanol–water partition coefficient (Wildman–Crippen LogP) is 4.40. The van der Waals surface area contributed by atoms with Crippen LogP contribution >= 0.6 is 27.3 Å². The van der Waals surface area contributed by atoms with E-state index in [0.717, 1.165) is 34.4 Å². The lowest BCUT2D eigenvalue weighted by Crippen LogP contribution is -2.02. The molecule has 0 spiro atoms. The molecule has 1 aromatic heterocycles. The molecular formula is C14H17BrN2OS. The number of halogens is 1. The monoisotopic (exact) mass is 340 g/mol. The fraction of sp³-hybridized carbons (Fsp3) is 0.357. The van der Waals surface area contributed by atoms with E-state index in [1.54, 1.807) is 18.4 Å². The smallest absolute Gasteiger partial charge is 0.143 e. The number of methoxy groups -OCH3 is 1. The van der Waals surface area contributed by atoms with Gasteiger partial charge < -0.3 is 10.1 Å². The standard InChI is InChI=1S/C14H17BrN2OS/c1-4-13-16-7-11(19-13)8-17-14-9(2)5-10(15)6-12(14)18-3/h5-7,17H,4,8H2,1-3H3. The minimum atomic E-state index is 0.774. The fourth-order valence-corrected chi connectivity index (χ4v) is 3.22. The number of nitrogens with one attached hydrogen (secondary N) is 1. The number of benzene rings is 1. The number of nitrogens with zero attached hydrogens (tertiary/aromatic N) is 1. The minimum Gasteiger partial charge on any atom is -0.495 e. The first-order valence-electron chi connectivity index (χ1n) is 6.15. The van der Waals surface area contributed by atoms with Crippen molar-refractivity contribution >= 4 is 33.0 Å². The van der Waals surface area contributed by atoms with Crippen LogP contribution in [0.5, 0.6) is 5.75 Å². The Balaban J connectivity index is 2.14. The molecule has 0 aliphatic carbocycles. The molecule has 0 radical (unpaired) electrons. The van der Waals surface area contributed by atoms with Crippen molar-refractivity contribution in [2.24, 2.45) is 0 Å². The molecule has 1 heterocycles. The van der Waals surface area contributed by atoms with E-state index in [0.29, 0.717) is 0 Å². The molecule has 0 aliphatic heterocycles. The highest BCUT2D eigenvalue weighted by Gasteiger charge is 2.08. The predicted molar refractivity (Wildman–Crippen MR) is 84.2 cm³/mol. The number of aromatic nitrogens is 1. The molecule has 0 atom stereocenters. The Kier molecular flexibility index (Phi) is 4.82. The number of ether oxygens (including phenoxy) is 1. The zero-order valence-electron chi connectivity index (χ0n) is 11.3. The van der Waals surface area contributed by atoms with Gasteiger partial charge in [0.1, 0.15) is 5.75 Å². The lowest BCUT2D eigenvalue weighted by Gasteiger charge is -2.14. The Hall–Kier alpha value is -1.07. The Morgan fingerprint density at radius 1 is 1.42 bits per heavy atom. The summed E-state index contributed by atoms with van der Waals surface area (Å²) >= 11 is 5.23. The van der Waals surface area contributed by atoms with E-state index in [-0.39, 0.29) is 0 Å². The SMILES string of the molecule is CCc1ncc(CNc2c(C)cc(Br)cc2OC)s1. The summed E-state index contributed by atoms with van der Waals surface area (Å²) in [4.78, 5) is 5.60. The first-order chi connectivity index (χ1) is 9.13. The van der Waals surface area contributed by atoms with Crippen LogP contribution in [0.4, 0.5) is 5.69 Å². The second-order valence-corrected chi connectivity index (χ2v) is 6.34. The van der Waals surface area contributed by atoms with E-state index < -0.39 is 0 Å². The first kappa shape index (κ1) is 14.3. The number of anilines is 1. The highest BCUT2D eigenvalue weighted by atomic mass is 79.9. The average molecular weight is 341 g/mol. The van der Waals surface area contributed by atoms with Crippen molar-refractivity contribution in [3.8, 4) is 5.75 Å². The maximum Gasteiger partial charge on any atom is 0.143 e. The molecule has 0 saturated carbocycles. The average Bonchev–Trinajstić information content (AvgIpc) is 2.84. The van der Waals surface area contributed by atoms with Crippen molar-refractivity contribution in [2.75, 3.05) is 12.4 Å². The summed E-state index contributed by atoms with van der Waals surface area (Å²) in [6.45, 7) is 4.97. The lowest BCUT2D eigenvalue weighted by atomic mass is 10.2. The van der Waals surface area contributed by atoms with Crippen molar-refractivity contribution in [3.05, 3.63) is 38.3 Å². The van der Waals surface area contributed by atoms with Crippen LogP contribution in [0.2, 0.25) is 0 Å². The highest BCUT2D eigenvalue weighted by Crippen LogP contribution is 2.32. The Bertz CT molecular complexity index is 569. The molecule has 5 heteroatoms. The van der Waals surface area contributed by atoms with E-state index in [1.807, 2.05) is 12.3 Å². The van der Waals surface area contributed by atoms with Gasteiger partial charge in [0.2, 0.25) is 0 Å². The van der Waals surface area contributed by atoms with Crippen LogP contribution < -0.4 is 10.1 Å². The van der Waals surface area contributed by atoms with Crippen molar-refractivity contribution in [1.82, 2.24) is 4.98 Å². The number of rotatable bonds is 5. The van der Waals surface area contributed by atoms with Crippen molar-refractivity contribution in [1.29, 1.82) is 0 Å². The van der Waals surface area contributed by atoms with Gasteiger partial charge in [-0.15, -0.1) is 11.3 Å². The molecule has 0 aliphatic rings. The molecule has 0 fully saturated rings. The third-order valence-electron chi connectivity index (χ3n) is 2.83. The van der Waals surface area contributed by atoms with Crippen LogP contribution in [0.25, 0.3) is 0 Å². The van der Waals surface area contributed by atoms with E-state index in [9.17, 15) is 0 Å². The Labute approximate surface area is 126 Å². The molecule has 0 saturated heterocycles. The van der Waals surface area contributed by atoms with Gasteiger partial charge in [-0.3, -0.25) is 0 Å². The molecule has 19 heavy (non-hydrogen) atoms. The van der Waals surface area contributed by atoms with Gasteiger partial charge in [0.15, 0.2) is 0 Å². The summed E-state index contributed by atoms with van der Waals surface area (Å²) < 4.78 is 6.44. The van der Waals surface area contributed by atoms with Gasteiger partial charge in [-0.1, -0.05) is 22.9 Å². The van der Waals surface area contributed by atoms with Gasteiger partial charge in [-0.2, -0.15) is 0 Å². The van der Waals surface area contributed by atoms with E-state index >= 15 is 0 Å². The molecule has 0 amide bonds. The summed E-state index contributed by atoms with van der Waals surface area (Å²) in [6.07, 6.45) is 2.93. The van der Waals surface area contributed by atoms with Crippen molar-refractivity contribution in [2.45, 2.75) is 26.8 Å². The Morgan fingerprint density at radius 2 is 2.21 bits per heavy atom. The number of hydrogen-bond acceptors (Lipinski definition) is 4. The van der Waals surface area contributed by atoms with Gasteiger partial charge in [-0.25, -0.2) is 4.98 Å². The molecular weight excluding hydrogens is 324 g/mol. The van der Waals surface area contributed by atoms with Crippen LogP contribution in [0.3, 0.4) is 0 Å². The third kappa shape index (κ3) is 3.48. The summed E-state index contributed by atoms with van der Waals surface area (Å²) in [5.41, 5.74) is 2.20. The van der Waals surface area contributed by atoms with Crippen molar-refractivity contribution < 1.29 is 4.74 Å². The lowest BCUT2D eigenvalue weighted by molar-refractivity contribution is 0.416. The van der Waals surface area contributed by atoms with Gasteiger partial charge in [-0.05, 0) is 31.0 Å². The number of hydrogen-bond donors (Lipinski definition) is 1. The van der Waals surface area contributed by atoms with Crippen LogP contribution in [0, 0.1) is 6.92 Å². The topological polar surface area (TPSA) is 34.2 Å². The summed E-state index contributed by atoms with van der Waals surface area (Å²) in [6, 6.07) is 4.05. The summed E-state index contributed by atoms with van der Waals surface area (Å²) in [5.74, 6) is 0.854. The van der Waals surface area contributed by atoms with Gasteiger partial charge in [0.25, 0.3) is 0 Å². The molecule has 0 unspecified atom stereocenters. The molecule has 102 valence electrons. The molecule has 1 aromatic carbocycles. The fourth-order valence-electron chi connectivity index (χ4n) is 1.87. The minimum absolute atomic E-state index is 0.774. The maximum atomic E-state index is 5.42. The second kappa shape index (κ2) is 6.39. The Morgan fingerprint density at radius 3 is 2.84 bits per heavy atom. The third-order valence-corrected chi connectivity index (χ3v) is 4.43. The first-order valence-corrected chi connectivity index (χ1v) is 7.76. The van der Waals surface area contributed by atoms with E-state index in [2.05, 4.69) is 46.1 Å². The summed E-state index contributed by atoms with van der Waals surface area (Å²) in [7, 11) is 1.69. The second-order valence-electron chi connectivity index (χ2n) is 4.23. The maximum absolute atomic E-state index is 5.42. The highest BCUT2D eigenvalue weighted by molar-refractivity contribution is 9.10. The molecule has 1 N–H and O–H groups in total. The van der Waals surface area contributed by atoms with Gasteiger partial charge in [0, 0.05) is 15.5 Å². The van der Waals surface area contributed by atoms with E-state index in [1.165, 1.54) is 9.88 Å². The van der Waals surface area contributed by atoms with E-state index in [4.69, 9.17) is 4.74 Å². The quantitative estimate of drug-likeness (QED) is 0.875. The zero-order valence-corrected chi connectivity index (χ0v) is 13.7. The number of thiazole rings is 1. The molecule has 3 nitrogen and oxygen atoms in total. The van der Waals surface area contributed by atoms with Crippen LogP contribution in [0.15, 0.2) is 22.8 Å². The molecule has 0 bridgehead atoms. The van der Waals surface area contributed by atoms with Gasteiger partial charge >= 0.3 is 0 Å². The van der Waals surface area contributed by atoms with Crippen LogP contribution in [-0.2, 0) is 13.0 Å².